The van der Waals surface area contributed by atoms with Gasteiger partial charge in [-0.3, -0.25) is 28.9 Å². The molecule has 4 saturated carbocycles. The van der Waals surface area contributed by atoms with Crippen molar-refractivity contribution in [3.63, 3.8) is 0 Å². The third kappa shape index (κ3) is 3.66. The second kappa shape index (κ2) is 9.25. The van der Waals surface area contributed by atoms with Gasteiger partial charge in [-0.1, -0.05) is 6.42 Å². The van der Waals surface area contributed by atoms with Crippen LogP contribution in [0.5, 0.6) is 5.75 Å². The number of aromatic hydroxyl groups is 1. The van der Waals surface area contributed by atoms with Crippen molar-refractivity contribution in [2.45, 2.75) is 62.8 Å². The Balaban J connectivity index is 1.35. The van der Waals surface area contributed by atoms with Crippen LogP contribution >= 0.6 is 0 Å². The molecule has 214 valence electrons. The first kappa shape index (κ1) is 27.2. The average molecular weight is 556 g/mol. The number of hydrogen-bond donors (Lipinski definition) is 4. The zero-order chi connectivity index (χ0) is 28.8. The quantitative estimate of drug-likeness (QED) is 0.373. The number of hydrogen-bond acceptors (Lipinski definition) is 9. The molecule has 1 amide bonds. The van der Waals surface area contributed by atoms with Gasteiger partial charge in [-0.25, -0.2) is 4.39 Å². The fraction of sp³-hybridized carbons (Fsp3) is 0.621. The van der Waals surface area contributed by atoms with Crippen molar-refractivity contribution in [2.75, 3.05) is 14.1 Å². The normalized spacial score (nSPS) is 38.4. The third-order valence-electron chi connectivity index (χ3n) is 10.4. The summed E-state index contributed by atoms with van der Waals surface area (Å²) in [6, 6.07) is 0.286. The number of Topliss-reactive ketones (excluding diaryl/α,β-unsaturated/α-hetero) is 4. The molecule has 1 aromatic carbocycles. The van der Waals surface area contributed by atoms with Gasteiger partial charge < -0.3 is 21.3 Å². The summed E-state index contributed by atoms with van der Waals surface area (Å²) >= 11 is 0. The standard InChI is InChI=1S/C29H34FN3O7/c1-33(2)23-16-8-13-7-15-20(18(34)9-14(22(15)30)10-32-17-6-11-3-4-12(17)5-11)24(35)19(13)26(37)29(16,40)27(38)21(25(23)36)28(31)39/h9,11-13,16-17,19,21,23,32,34,40H,3-8,10H2,1-2H3,(H2,31,39)/t11?,12?,13-,16-,17+,19?,21?,23-,29-/m0/s1. The molecule has 6 rings (SSSR count). The summed E-state index contributed by atoms with van der Waals surface area (Å²) < 4.78 is 15.9. The minimum atomic E-state index is -2.80. The molecule has 11 heteroatoms. The summed E-state index contributed by atoms with van der Waals surface area (Å²) in [5.74, 6) is -10.9. The Bertz CT molecular complexity index is 1360. The Morgan fingerprint density at radius 3 is 2.45 bits per heavy atom. The maximum absolute atomic E-state index is 15.9. The van der Waals surface area contributed by atoms with E-state index in [1.54, 1.807) is 0 Å². The molecule has 2 bridgehead atoms. The lowest BCUT2D eigenvalue weighted by Crippen LogP contribution is -2.74. The fourth-order valence-corrected chi connectivity index (χ4v) is 8.57. The number of rotatable bonds is 5. The molecule has 5 N–H and O–H groups in total. The van der Waals surface area contributed by atoms with Crippen molar-refractivity contribution in [1.29, 1.82) is 0 Å². The van der Waals surface area contributed by atoms with E-state index < -0.39 is 75.9 Å². The van der Waals surface area contributed by atoms with Crippen LogP contribution in [0.2, 0.25) is 0 Å². The van der Waals surface area contributed by atoms with Crippen molar-refractivity contribution in [3.8, 4) is 5.75 Å². The van der Waals surface area contributed by atoms with E-state index in [4.69, 9.17) is 5.73 Å². The third-order valence-corrected chi connectivity index (χ3v) is 10.4. The lowest BCUT2D eigenvalue weighted by molar-refractivity contribution is -0.181. The topological polar surface area (TPSA) is 167 Å². The Morgan fingerprint density at radius 1 is 1.12 bits per heavy atom. The number of benzene rings is 1. The Morgan fingerprint density at radius 2 is 1.85 bits per heavy atom. The van der Waals surface area contributed by atoms with Crippen molar-refractivity contribution in [3.05, 3.63) is 28.6 Å². The molecule has 0 saturated heterocycles. The highest BCUT2D eigenvalue weighted by atomic mass is 19.1. The largest absolute Gasteiger partial charge is 0.507 e. The molecule has 1 aromatic rings. The summed E-state index contributed by atoms with van der Waals surface area (Å²) in [5.41, 5.74) is 2.42. The number of nitrogens with zero attached hydrogens (tertiary/aromatic N) is 1. The first-order valence-corrected chi connectivity index (χ1v) is 14.0. The van der Waals surface area contributed by atoms with Crippen molar-refractivity contribution in [1.82, 2.24) is 10.2 Å². The zero-order valence-corrected chi connectivity index (χ0v) is 22.5. The minimum absolute atomic E-state index is 0.000824. The number of likely N-dealkylation sites (N-methyl/N-ethyl adjacent to an activating group) is 1. The van der Waals surface area contributed by atoms with Crippen LogP contribution < -0.4 is 11.1 Å². The van der Waals surface area contributed by atoms with Gasteiger partial charge in [0.1, 0.15) is 11.6 Å². The number of fused-ring (bicyclic) bond motifs is 5. The predicted molar refractivity (Wildman–Crippen MR) is 137 cm³/mol. The number of carbonyl (C=O) groups is 5. The van der Waals surface area contributed by atoms with Gasteiger partial charge in [-0.15, -0.1) is 0 Å². The summed E-state index contributed by atoms with van der Waals surface area (Å²) in [5, 5.41) is 25.9. The molecule has 0 radical (unpaired) electrons. The number of nitrogens with one attached hydrogen (secondary N) is 1. The van der Waals surface area contributed by atoms with E-state index in [1.807, 2.05) is 0 Å². The number of carbonyl (C=O) groups excluding carboxylic acids is 5. The van der Waals surface area contributed by atoms with Gasteiger partial charge in [0, 0.05) is 29.6 Å². The van der Waals surface area contributed by atoms with E-state index in [1.165, 1.54) is 37.9 Å². The van der Waals surface area contributed by atoms with E-state index in [0.717, 1.165) is 12.8 Å². The maximum atomic E-state index is 15.9. The van der Waals surface area contributed by atoms with Gasteiger partial charge in [0.2, 0.25) is 5.91 Å². The molecule has 0 heterocycles. The second-order valence-electron chi connectivity index (χ2n) is 12.7. The van der Waals surface area contributed by atoms with Crippen LogP contribution in [0.15, 0.2) is 6.07 Å². The first-order valence-electron chi connectivity index (χ1n) is 14.0. The Labute approximate surface area is 230 Å². The van der Waals surface area contributed by atoms with Gasteiger partial charge in [0.15, 0.2) is 34.7 Å². The van der Waals surface area contributed by atoms with Crippen LogP contribution in [-0.4, -0.2) is 75.9 Å². The molecule has 5 aliphatic rings. The molecule has 40 heavy (non-hydrogen) atoms. The van der Waals surface area contributed by atoms with E-state index in [-0.39, 0.29) is 42.1 Å². The molecule has 0 spiro atoms. The highest BCUT2D eigenvalue weighted by Crippen LogP contribution is 2.51. The van der Waals surface area contributed by atoms with Crippen LogP contribution in [0.3, 0.4) is 0 Å². The molecular formula is C29H34FN3O7. The number of phenols is 1. The van der Waals surface area contributed by atoms with Crippen LogP contribution in [0.25, 0.3) is 0 Å². The smallest absolute Gasteiger partial charge is 0.235 e. The lowest BCUT2D eigenvalue weighted by atomic mass is 9.52. The number of halogens is 1. The second-order valence-corrected chi connectivity index (χ2v) is 12.7. The number of phenolic OH excluding ortho intramolecular Hbond substituents is 1. The monoisotopic (exact) mass is 555 g/mol. The van der Waals surface area contributed by atoms with Gasteiger partial charge in [-0.05, 0) is 70.0 Å². The van der Waals surface area contributed by atoms with Gasteiger partial charge in [-0.2, -0.15) is 0 Å². The van der Waals surface area contributed by atoms with Gasteiger partial charge in [0.05, 0.1) is 17.5 Å². The fourth-order valence-electron chi connectivity index (χ4n) is 8.57. The average Bonchev–Trinajstić information content (AvgIpc) is 3.50. The van der Waals surface area contributed by atoms with Gasteiger partial charge >= 0.3 is 0 Å². The SMILES string of the molecule is CN(C)[C@@H]1C(=O)C(C(N)=O)C(=O)[C@@]2(O)C(=O)C3C(=O)c4c(O)cc(CN[C@@H]5CC6CCC5C6)c(F)c4C[C@H]3C[C@@H]12. The van der Waals surface area contributed by atoms with E-state index >= 15 is 4.39 Å². The van der Waals surface area contributed by atoms with Crippen LogP contribution in [-0.2, 0) is 32.1 Å². The molecular weight excluding hydrogens is 521 g/mol. The summed E-state index contributed by atoms with van der Waals surface area (Å²) in [4.78, 5) is 67.4. The summed E-state index contributed by atoms with van der Waals surface area (Å²) in [7, 11) is 3.03. The minimum Gasteiger partial charge on any atom is -0.507 e. The molecule has 9 atom stereocenters. The molecule has 4 unspecified atom stereocenters. The molecule has 0 aliphatic heterocycles. The van der Waals surface area contributed by atoms with Gasteiger partial charge in [0.25, 0.3) is 0 Å². The first-order chi connectivity index (χ1) is 18.9. The summed E-state index contributed by atoms with van der Waals surface area (Å²) in [6.07, 6.45) is 4.39. The van der Waals surface area contributed by atoms with E-state index in [2.05, 4.69) is 5.32 Å². The Hall–Kier alpha value is -3.02. The van der Waals surface area contributed by atoms with E-state index in [9.17, 15) is 34.2 Å². The molecule has 0 aromatic heterocycles. The Kier molecular flexibility index (Phi) is 6.28. The highest BCUT2D eigenvalue weighted by Gasteiger charge is 2.69. The number of primary amides is 1. The number of aliphatic hydroxyl groups is 1. The van der Waals surface area contributed by atoms with Crippen LogP contribution in [0.1, 0.15) is 53.6 Å². The van der Waals surface area contributed by atoms with Crippen molar-refractivity contribution in [2.24, 2.45) is 41.2 Å². The zero-order valence-electron chi connectivity index (χ0n) is 22.5. The lowest BCUT2D eigenvalue weighted by Gasteiger charge is -2.52. The molecule has 5 aliphatic carbocycles. The highest BCUT2D eigenvalue weighted by molar-refractivity contribution is 6.32. The van der Waals surface area contributed by atoms with Crippen LogP contribution in [0.4, 0.5) is 4.39 Å². The number of nitrogens with two attached hydrogens (primary N) is 1. The van der Waals surface area contributed by atoms with Crippen molar-refractivity contribution < 1.29 is 38.6 Å². The predicted octanol–water partition coefficient (Wildman–Crippen LogP) is 0.284. The van der Waals surface area contributed by atoms with Crippen LogP contribution in [0, 0.1) is 41.3 Å². The molecule has 4 fully saturated rings. The number of amides is 1. The van der Waals surface area contributed by atoms with E-state index in [0.29, 0.717) is 11.8 Å². The molecule has 10 nitrogen and oxygen atoms in total. The maximum Gasteiger partial charge on any atom is 0.235 e. The summed E-state index contributed by atoms with van der Waals surface area (Å²) in [6.45, 7) is 0.185. The number of ketones is 4. The van der Waals surface area contributed by atoms with Crippen molar-refractivity contribution >= 4 is 29.0 Å².